The minimum atomic E-state index is -1.32. The molecule has 0 radical (unpaired) electrons. The van der Waals surface area contributed by atoms with Crippen molar-refractivity contribution in [3.63, 3.8) is 0 Å². The standard InChI is InChI=1S/C25H29NO2/c1-3-4-7-19-8-10-20(11-9-19)21-12-14-22(15-13-21)23-18(2)6-5-16-25(23,17-26)24(27)28/h8-15,18,23H,3-7,16H2,1-2H3,(H,27,28). The van der Waals surface area contributed by atoms with Gasteiger partial charge in [0.25, 0.3) is 0 Å². The van der Waals surface area contributed by atoms with Crippen LogP contribution in [-0.2, 0) is 11.2 Å². The zero-order valence-electron chi connectivity index (χ0n) is 16.8. The molecule has 0 saturated heterocycles. The van der Waals surface area contributed by atoms with Gasteiger partial charge in [0.2, 0.25) is 0 Å². The SMILES string of the molecule is CCCCc1ccc(-c2ccc(C3C(C)CCCC3(C#N)C(=O)O)cc2)cc1. The molecule has 0 heterocycles. The first-order chi connectivity index (χ1) is 13.5. The molecule has 3 nitrogen and oxygen atoms in total. The minimum Gasteiger partial charge on any atom is -0.480 e. The monoisotopic (exact) mass is 375 g/mol. The lowest BCUT2D eigenvalue weighted by molar-refractivity contribution is -0.149. The molecule has 3 atom stereocenters. The predicted molar refractivity (Wildman–Crippen MR) is 112 cm³/mol. The summed E-state index contributed by atoms with van der Waals surface area (Å²) in [6.07, 6.45) is 5.69. The van der Waals surface area contributed by atoms with E-state index in [0.717, 1.165) is 36.0 Å². The van der Waals surface area contributed by atoms with Gasteiger partial charge in [-0.05, 0) is 53.9 Å². The highest BCUT2D eigenvalue weighted by molar-refractivity contribution is 5.80. The van der Waals surface area contributed by atoms with Crippen LogP contribution in [0.25, 0.3) is 11.1 Å². The van der Waals surface area contributed by atoms with Crippen LogP contribution >= 0.6 is 0 Å². The molecule has 1 N–H and O–H groups in total. The molecule has 0 bridgehead atoms. The Morgan fingerprint density at radius 1 is 1.14 bits per heavy atom. The highest BCUT2D eigenvalue weighted by atomic mass is 16.4. The molecule has 1 fully saturated rings. The Morgan fingerprint density at radius 2 is 1.75 bits per heavy atom. The summed E-state index contributed by atoms with van der Waals surface area (Å²) in [5, 5.41) is 19.6. The van der Waals surface area contributed by atoms with E-state index in [0.29, 0.717) is 6.42 Å². The van der Waals surface area contributed by atoms with E-state index in [9.17, 15) is 15.2 Å². The third kappa shape index (κ3) is 3.83. The van der Waals surface area contributed by atoms with Crippen LogP contribution in [-0.4, -0.2) is 11.1 Å². The molecule has 1 saturated carbocycles. The fourth-order valence-electron chi connectivity index (χ4n) is 4.66. The topological polar surface area (TPSA) is 61.1 Å². The van der Waals surface area contributed by atoms with E-state index in [-0.39, 0.29) is 11.8 Å². The van der Waals surface area contributed by atoms with Gasteiger partial charge in [-0.3, -0.25) is 4.79 Å². The molecule has 3 rings (SSSR count). The number of nitrogens with zero attached hydrogens (tertiary/aromatic N) is 1. The van der Waals surface area contributed by atoms with Gasteiger partial charge in [0.1, 0.15) is 0 Å². The number of aliphatic carboxylic acids is 1. The average molecular weight is 376 g/mol. The number of unbranched alkanes of at least 4 members (excludes halogenated alkanes) is 1. The van der Waals surface area contributed by atoms with Gasteiger partial charge in [0.15, 0.2) is 5.41 Å². The number of carboxylic acids is 1. The lowest BCUT2D eigenvalue weighted by Gasteiger charge is -2.40. The third-order valence-electron chi connectivity index (χ3n) is 6.29. The van der Waals surface area contributed by atoms with Gasteiger partial charge in [0, 0.05) is 5.92 Å². The molecule has 0 aliphatic heterocycles. The highest BCUT2D eigenvalue weighted by Crippen LogP contribution is 2.50. The third-order valence-corrected chi connectivity index (χ3v) is 6.29. The number of benzene rings is 2. The zero-order valence-corrected chi connectivity index (χ0v) is 16.8. The maximum atomic E-state index is 12.0. The Balaban J connectivity index is 1.87. The van der Waals surface area contributed by atoms with E-state index in [1.807, 2.05) is 12.1 Å². The molecule has 28 heavy (non-hydrogen) atoms. The quantitative estimate of drug-likeness (QED) is 0.654. The first kappa shape index (κ1) is 20.1. The van der Waals surface area contributed by atoms with Crippen molar-refractivity contribution < 1.29 is 9.90 Å². The Hall–Kier alpha value is -2.60. The smallest absolute Gasteiger partial charge is 0.324 e. The number of hydrogen-bond acceptors (Lipinski definition) is 2. The van der Waals surface area contributed by atoms with Crippen LogP contribution in [0.3, 0.4) is 0 Å². The molecule has 1 aliphatic carbocycles. The summed E-state index contributed by atoms with van der Waals surface area (Å²) in [6.45, 7) is 4.27. The van der Waals surface area contributed by atoms with Crippen molar-refractivity contribution in [3.8, 4) is 17.2 Å². The first-order valence-electron chi connectivity index (χ1n) is 10.4. The number of carboxylic acid groups (broad SMARTS) is 1. The number of carbonyl (C=O) groups is 1. The van der Waals surface area contributed by atoms with Crippen molar-refractivity contribution in [2.45, 2.75) is 58.3 Å². The number of aryl methyl sites for hydroxylation is 1. The molecule has 2 aromatic carbocycles. The van der Waals surface area contributed by atoms with E-state index in [1.54, 1.807) is 0 Å². The van der Waals surface area contributed by atoms with Crippen LogP contribution in [0.2, 0.25) is 0 Å². The summed E-state index contributed by atoms with van der Waals surface area (Å²) in [6, 6.07) is 19.0. The van der Waals surface area contributed by atoms with E-state index in [1.165, 1.54) is 18.4 Å². The molecule has 0 spiro atoms. The normalized spacial score (nSPS) is 24.5. The van der Waals surface area contributed by atoms with Gasteiger partial charge in [-0.1, -0.05) is 75.2 Å². The summed E-state index contributed by atoms with van der Waals surface area (Å²) in [5.74, 6) is -1.08. The predicted octanol–water partition coefficient (Wildman–Crippen LogP) is 6.19. The molecule has 3 heteroatoms. The van der Waals surface area contributed by atoms with Crippen molar-refractivity contribution in [1.82, 2.24) is 0 Å². The fraction of sp³-hybridized carbons (Fsp3) is 0.440. The van der Waals surface area contributed by atoms with Crippen LogP contribution in [0.4, 0.5) is 0 Å². The van der Waals surface area contributed by atoms with Crippen molar-refractivity contribution in [3.05, 3.63) is 59.7 Å². The summed E-state index contributed by atoms with van der Waals surface area (Å²) >= 11 is 0. The summed E-state index contributed by atoms with van der Waals surface area (Å²) in [4.78, 5) is 12.0. The van der Waals surface area contributed by atoms with Crippen LogP contribution < -0.4 is 0 Å². The number of rotatable bonds is 6. The van der Waals surface area contributed by atoms with Crippen molar-refractivity contribution in [2.24, 2.45) is 11.3 Å². The van der Waals surface area contributed by atoms with Crippen molar-refractivity contribution in [1.29, 1.82) is 5.26 Å². The highest BCUT2D eigenvalue weighted by Gasteiger charge is 2.51. The van der Waals surface area contributed by atoms with Crippen LogP contribution in [0.15, 0.2) is 48.5 Å². The maximum absolute atomic E-state index is 12.0. The molecule has 3 unspecified atom stereocenters. The second-order valence-electron chi connectivity index (χ2n) is 8.16. The lowest BCUT2D eigenvalue weighted by atomic mass is 9.60. The van der Waals surface area contributed by atoms with Gasteiger partial charge >= 0.3 is 5.97 Å². The molecule has 0 aromatic heterocycles. The van der Waals surface area contributed by atoms with Crippen LogP contribution in [0, 0.1) is 22.7 Å². The molecular weight excluding hydrogens is 346 g/mol. The van der Waals surface area contributed by atoms with E-state index >= 15 is 0 Å². The molecular formula is C25H29NO2. The van der Waals surface area contributed by atoms with E-state index in [2.05, 4.69) is 56.3 Å². The van der Waals surface area contributed by atoms with E-state index in [4.69, 9.17) is 0 Å². The minimum absolute atomic E-state index is 0.174. The Bertz CT molecular complexity index is 848. The first-order valence-corrected chi connectivity index (χ1v) is 10.4. The van der Waals surface area contributed by atoms with Gasteiger partial charge in [-0.15, -0.1) is 0 Å². The molecule has 2 aromatic rings. The second kappa shape index (κ2) is 8.61. The zero-order chi connectivity index (χ0) is 20.1. The van der Waals surface area contributed by atoms with Gasteiger partial charge in [0.05, 0.1) is 6.07 Å². The Kier molecular flexibility index (Phi) is 6.19. The van der Waals surface area contributed by atoms with Crippen molar-refractivity contribution in [2.75, 3.05) is 0 Å². The molecule has 1 aliphatic rings. The van der Waals surface area contributed by atoms with Crippen LogP contribution in [0.1, 0.15) is 63.0 Å². The molecule has 0 amide bonds. The van der Waals surface area contributed by atoms with Gasteiger partial charge in [-0.25, -0.2) is 0 Å². The number of nitriles is 1. The average Bonchev–Trinajstić information content (AvgIpc) is 2.72. The summed E-state index contributed by atoms with van der Waals surface area (Å²) in [7, 11) is 0. The van der Waals surface area contributed by atoms with Crippen molar-refractivity contribution >= 4 is 5.97 Å². The van der Waals surface area contributed by atoms with Gasteiger partial charge in [-0.2, -0.15) is 5.26 Å². The van der Waals surface area contributed by atoms with E-state index < -0.39 is 11.4 Å². The summed E-state index contributed by atoms with van der Waals surface area (Å²) in [5.41, 5.74) is 3.28. The van der Waals surface area contributed by atoms with Crippen LogP contribution in [0.5, 0.6) is 0 Å². The fourth-order valence-corrected chi connectivity index (χ4v) is 4.66. The molecule has 146 valence electrons. The Labute approximate surface area is 168 Å². The lowest BCUT2D eigenvalue weighted by Crippen LogP contribution is -2.42. The second-order valence-corrected chi connectivity index (χ2v) is 8.16. The maximum Gasteiger partial charge on any atom is 0.324 e. The largest absolute Gasteiger partial charge is 0.480 e. The summed E-state index contributed by atoms with van der Waals surface area (Å²) < 4.78 is 0. The van der Waals surface area contributed by atoms with Gasteiger partial charge < -0.3 is 5.11 Å². The Morgan fingerprint density at radius 3 is 2.29 bits per heavy atom. The number of hydrogen-bond donors (Lipinski definition) is 1.